The standard InChI is InChI=1S/C20H28O3/c1-3-11(2)16(21)23-19-8-13-6-17-10-18(7-13)15(19)5-12(4-14(17)19)9-20(17,18)22/h11-15,22H,3-10H2,1-2H3. The smallest absolute Gasteiger partial charge is 0.309 e. The molecule has 0 saturated heterocycles. The van der Waals surface area contributed by atoms with E-state index in [-0.39, 0.29) is 28.3 Å². The van der Waals surface area contributed by atoms with Crippen molar-refractivity contribution in [2.75, 3.05) is 0 Å². The second-order valence-corrected chi connectivity index (χ2v) is 10.2. The Labute approximate surface area is 138 Å². The molecule has 9 saturated carbocycles. The van der Waals surface area contributed by atoms with Crippen molar-refractivity contribution >= 4 is 5.97 Å². The molecular weight excluding hydrogens is 288 g/mol. The van der Waals surface area contributed by atoms with Gasteiger partial charge in [0.25, 0.3) is 0 Å². The van der Waals surface area contributed by atoms with Gasteiger partial charge < -0.3 is 9.84 Å². The van der Waals surface area contributed by atoms with Crippen molar-refractivity contribution in [2.24, 2.45) is 40.4 Å². The van der Waals surface area contributed by atoms with E-state index >= 15 is 0 Å². The summed E-state index contributed by atoms with van der Waals surface area (Å²) in [6.07, 6.45) is 9.05. The van der Waals surface area contributed by atoms with Gasteiger partial charge in [-0.2, -0.15) is 0 Å². The third-order valence-electron chi connectivity index (χ3n) is 9.73. The van der Waals surface area contributed by atoms with Gasteiger partial charge in [-0.1, -0.05) is 13.8 Å². The quantitative estimate of drug-likeness (QED) is 0.813. The number of aliphatic hydroxyl groups is 1. The van der Waals surface area contributed by atoms with Crippen LogP contribution < -0.4 is 0 Å². The molecule has 8 bridgehead atoms. The minimum Gasteiger partial charge on any atom is -0.458 e. The van der Waals surface area contributed by atoms with Crippen LogP contribution in [0.25, 0.3) is 0 Å². The first-order chi connectivity index (χ1) is 10.9. The molecule has 3 nitrogen and oxygen atoms in total. The van der Waals surface area contributed by atoms with Crippen molar-refractivity contribution in [1.82, 2.24) is 0 Å². The van der Waals surface area contributed by atoms with Crippen LogP contribution in [0.1, 0.15) is 65.2 Å². The van der Waals surface area contributed by atoms with Crippen LogP contribution in [0.2, 0.25) is 0 Å². The summed E-state index contributed by atoms with van der Waals surface area (Å²) in [6, 6.07) is 0. The van der Waals surface area contributed by atoms with Crippen molar-refractivity contribution in [2.45, 2.75) is 76.4 Å². The molecule has 0 radical (unpaired) electrons. The SMILES string of the molecule is CCC(C)C(=O)OC12CC3CC45CC6(C3)C1CC(CC24)CC56O. The van der Waals surface area contributed by atoms with Crippen molar-refractivity contribution < 1.29 is 14.6 Å². The molecule has 0 heterocycles. The molecule has 9 rings (SSSR count). The lowest BCUT2D eigenvalue weighted by atomic mass is 9.14. The van der Waals surface area contributed by atoms with Gasteiger partial charge in [0.15, 0.2) is 0 Å². The Kier molecular flexibility index (Phi) is 2.09. The predicted molar refractivity (Wildman–Crippen MR) is 84.4 cm³/mol. The molecule has 0 amide bonds. The molecule has 9 aliphatic carbocycles. The average Bonchev–Trinajstić information content (AvgIpc) is 2.51. The van der Waals surface area contributed by atoms with E-state index in [1.54, 1.807) is 0 Å². The number of rotatable bonds is 3. The summed E-state index contributed by atoms with van der Waals surface area (Å²) in [5.41, 5.74) is -0.391. The van der Waals surface area contributed by atoms with Gasteiger partial charge in [0.2, 0.25) is 0 Å². The van der Waals surface area contributed by atoms with Crippen molar-refractivity contribution in [3.8, 4) is 0 Å². The first-order valence-electron chi connectivity index (χ1n) is 9.86. The fourth-order valence-electron chi connectivity index (χ4n) is 9.24. The van der Waals surface area contributed by atoms with Crippen LogP contribution in [0.3, 0.4) is 0 Å². The lowest BCUT2D eigenvalue weighted by Gasteiger charge is -2.91. The van der Waals surface area contributed by atoms with E-state index in [2.05, 4.69) is 6.92 Å². The van der Waals surface area contributed by atoms with Gasteiger partial charge in [0, 0.05) is 22.7 Å². The summed E-state index contributed by atoms with van der Waals surface area (Å²) in [6.45, 7) is 4.07. The number of esters is 1. The van der Waals surface area contributed by atoms with E-state index in [9.17, 15) is 9.90 Å². The largest absolute Gasteiger partial charge is 0.458 e. The summed E-state index contributed by atoms with van der Waals surface area (Å²) >= 11 is 0. The maximum Gasteiger partial charge on any atom is 0.309 e. The van der Waals surface area contributed by atoms with Gasteiger partial charge in [0.1, 0.15) is 5.60 Å². The van der Waals surface area contributed by atoms with Crippen molar-refractivity contribution in [3.63, 3.8) is 0 Å². The highest BCUT2D eigenvalue weighted by molar-refractivity contribution is 5.73. The fraction of sp³-hybridized carbons (Fsp3) is 0.950. The first-order valence-corrected chi connectivity index (χ1v) is 9.86. The van der Waals surface area contributed by atoms with Crippen LogP contribution in [0.4, 0.5) is 0 Å². The Morgan fingerprint density at radius 1 is 1.13 bits per heavy atom. The molecule has 0 aromatic rings. The highest BCUT2D eigenvalue weighted by atomic mass is 16.6. The normalized spacial score (nSPS) is 64.0. The van der Waals surface area contributed by atoms with E-state index in [0.717, 1.165) is 19.3 Å². The molecule has 9 fully saturated rings. The van der Waals surface area contributed by atoms with Crippen LogP contribution in [0.15, 0.2) is 0 Å². The minimum absolute atomic E-state index is 0.00711. The third-order valence-corrected chi connectivity index (χ3v) is 9.73. The lowest BCUT2D eigenvalue weighted by molar-refractivity contribution is -0.485. The van der Waals surface area contributed by atoms with Gasteiger partial charge in [-0.05, 0) is 63.2 Å². The highest BCUT2D eigenvalue weighted by Gasteiger charge is 2.93. The summed E-state index contributed by atoms with van der Waals surface area (Å²) in [7, 11) is 0. The second kappa shape index (κ2) is 3.52. The molecule has 5 atom stereocenters. The van der Waals surface area contributed by atoms with Gasteiger partial charge in [0.05, 0.1) is 11.5 Å². The van der Waals surface area contributed by atoms with Crippen LogP contribution in [0.5, 0.6) is 0 Å². The summed E-state index contributed by atoms with van der Waals surface area (Å²) in [5, 5.41) is 11.7. The maximum absolute atomic E-state index is 12.7. The van der Waals surface area contributed by atoms with Crippen LogP contribution >= 0.6 is 0 Å². The van der Waals surface area contributed by atoms with Crippen molar-refractivity contribution in [1.29, 1.82) is 0 Å². The molecule has 23 heavy (non-hydrogen) atoms. The molecule has 9 aliphatic rings. The fourth-order valence-corrected chi connectivity index (χ4v) is 9.24. The molecule has 126 valence electrons. The Hall–Kier alpha value is -0.570. The molecular formula is C20H28O3. The van der Waals surface area contributed by atoms with E-state index in [1.165, 1.54) is 32.1 Å². The number of hydrogen-bond acceptors (Lipinski definition) is 3. The lowest BCUT2D eigenvalue weighted by Crippen LogP contribution is -2.93. The van der Waals surface area contributed by atoms with Crippen molar-refractivity contribution in [3.05, 3.63) is 0 Å². The number of carbonyl (C=O) groups excluding carboxylic acids is 1. The summed E-state index contributed by atoms with van der Waals surface area (Å²) < 4.78 is 6.42. The Morgan fingerprint density at radius 3 is 2.39 bits per heavy atom. The summed E-state index contributed by atoms with van der Waals surface area (Å²) in [5.74, 6) is 2.30. The zero-order valence-electron chi connectivity index (χ0n) is 14.3. The van der Waals surface area contributed by atoms with Gasteiger partial charge in [-0.15, -0.1) is 0 Å². The molecule has 5 unspecified atom stereocenters. The van der Waals surface area contributed by atoms with Crippen LogP contribution in [-0.4, -0.2) is 22.3 Å². The van der Waals surface area contributed by atoms with Gasteiger partial charge in [-0.3, -0.25) is 4.79 Å². The van der Waals surface area contributed by atoms with Gasteiger partial charge >= 0.3 is 5.97 Å². The Balaban J connectivity index is 1.48. The monoisotopic (exact) mass is 316 g/mol. The zero-order chi connectivity index (χ0) is 15.8. The van der Waals surface area contributed by atoms with E-state index in [1.807, 2.05) is 6.92 Å². The highest BCUT2D eigenvalue weighted by Crippen LogP contribution is 2.92. The predicted octanol–water partition coefficient (Wildman–Crippen LogP) is 3.30. The molecule has 2 spiro atoms. The Morgan fingerprint density at radius 2 is 1.78 bits per heavy atom. The third kappa shape index (κ3) is 1.08. The maximum atomic E-state index is 12.7. The second-order valence-electron chi connectivity index (χ2n) is 10.2. The first kappa shape index (κ1) is 13.7. The Bertz CT molecular complexity index is 596. The van der Waals surface area contributed by atoms with Crippen LogP contribution in [-0.2, 0) is 9.53 Å². The van der Waals surface area contributed by atoms with Crippen LogP contribution in [0, 0.1) is 40.4 Å². The molecule has 0 aromatic heterocycles. The average molecular weight is 316 g/mol. The van der Waals surface area contributed by atoms with Gasteiger partial charge in [-0.25, -0.2) is 0 Å². The summed E-state index contributed by atoms with van der Waals surface area (Å²) in [4.78, 5) is 12.7. The van der Waals surface area contributed by atoms with E-state index in [0.29, 0.717) is 23.7 Å². The molecule has 1 N–H and O–H groups in total. The number of carbonyl (C=O) groups is 1. The van der Waals surface area contributed by atoms with E-state index in [4.69, 9.17) is 4.74 Å². The zero-order valence-corrected chi connectivity index (χ0v) is 14.3. The number of hydrogen-bond donors (Lipinski definition) is 1. The minimum atomic E-state index is -0.403. The molecule has 0 aliphatic heterocycles. The number of ether oxygens (including phenoxy) is 1. The molecule has 0 aromatic carbocycles. The van der Waals surface area contributed by atoms with E-state index < -0.39 is 5.60 Å². The molecule has 3 heteroatoms. The topological polar surface area (TPSA) is 46.5 Å².